The minimum absolute atomic E-state index is 0.522. The van der Waals surface area contributed by atoms with E-state index in [-0.39, 0.29) is 0 Å². The van der Waals surface area contributed by atoms with Crippen LogP contribution in [0, 0.1) is 6.92 Å². The number of rotatable bonds is 5. The highest BCUT2D eigenvalue weighted by Crippen LogP contribution is 2.24. The zero-order valence-electron chi connectivity index (χ0n) is 15.9. The highest BCUT2D eigenvalue weighted by atomic mass is 16.5. The van der Waals surface area contributed by atoms with Crippen LogP contribution in [0.15, 0.2) is 42.6 Å². The summed E-state index contributed by atoms with van der Waals surface area (Å²) in [6.07, 6.45) is 6.87. The lowest BCUT2D eigenvalue weighted by atomic mass is 9.96. The summed E-state index contributed by atoms with van der Waals surface area (Å²) < 4.78 is 0. The standard InChI is InChI=1S/C22H24N4O2/c1-15-19(20-3-2-10-23-22(20)24-15)9-12-26-11-8-17-13-16(4-6-18(17)14-26)5-7-21(27)25-28/h2-7,10,13,28H,8-9,11-12,14H2,1H3,(H,23,24)(H,25,27). The molecule has 3 heterocycles. The number of carbonyl (C=O) groups is 1. The van der Waals surface area contributed by atoms with E-state index in [0.717, 1.165) is 43.7 Å². The Kier molecular flexibility index (Phi) is 5.23. The van der Waals surface area contributed by atoms with Gasteiger partial charge in [0.1, 0.15) is 5.65 Å². The molecule has 0 saturated heterocycles. The second-order valence-electron chi connectivity index (χ2n) is 7.24. The number of carbonyl (C=O) groups excluding carboxylic acids is 1. The van der Waals surface area contributed by atoms with E-state index in [1.807, 2.05) is 18.3 Å². The minimum atomic E-state index is -0.522. The van der Waals surface area contributed by atoms with E-state index in [1.165, 1.54) is 33.8 Å². The maximum atomic E-state index is 11.1. The van der Waals surface area contributed by atoms with E-state index in [0.29, 0.717) is 0 Å². The molecule has 4 rings (SSSR count). The molecule has 0 atom stereocenters. The van der Waals surface area contributed by atoms with Crippen LogP contribution in [0.25, 0.3) is 17.1 Å². The summed E-state index contributed by atoms with van der Waals surface area (Å²) in [5, 5.41) is 9.79. The molecule has 28 heavy (non-hydrogen) atoms. The fourth-order valence-electron chi connectivity index (χ4n) is 3.93. The number of benzene rings is 1. The van der Waals surface area contributed by atoms with Crippen molar-refractivity contribution in [3.05, 3.63) is 70.6 Å². The molecule has 0 fully saturated rings. The molecular formula is C22H24N4O2. The number of hydrogen-bond acceptors (Lipinski definition) is 4. The van der Waals surface area contributed by atoms with Crippen molar-refractivity contribution < 1.29 is 10.0 Å². The summed E-state index contributed by atoms with van der Waals surface area (Å²) in [5.41, 5.74) is 8.77. The maximum absolute atomic E-state index is 11.1. The highest BCUT2D eigenvalue weighted by Gasteiger charge is 2.17. The molecule has 6 nitrogen and oxygen atoms in total. The van der Waals surface area contributed by atoms with E-state index in [4.69, 9.17) is 5.21 Å². The lowest BCUT2D eigenvalue weighted by Gasteiger charge is -2.29. The molecule has 6 heteroatoms. The van der Waals surface area contributed by atoms with Gasteiger partial charge in [-0.2, -0.15) is 0 Å². The van der Waals surface area contributed by atoms with Gasteiger partial charge in [0, 0.05) is 43.0 Å². The number of aromatic nitrogens is 2. The number of hydroxylamine groups is 1. The van der Waals surface area contributed by atoms with Crippen LogP contribution >= 0.6 is 0 Å². The number of pyridine rings is 1. The van der Waals surface area contributed by atoms with Crippen LogP contribution in [0.1, 0.15) is 27.9 Å². The van der Waals surface area contributed by atoms with Gasteiger partial charge in [-0.1, -0.05) is 18.2 Å². The van der Waals surface area contributed by atoms with Gasteiger partial charge in [-0.3, -0.25) is 14.9 Å². The topological polar surface area (TPSA) is 81.2 Å². The predicted molar refractivity (Wildman–Crippen MR) is 109 cm³/mol. The van der Waals surface area contributed by atoms with E-state index in [2.05, 4.69) is 40.0 Å². The highest BCUT2D eigenvalue weighted by molar-refractivity contribution is 5.90. The molecule has 2 aromatic heterocycles. The maximum Gasteiger partial charge on any atom is 0.267 e. The van der Waals surface area contributed by atoms with Crippen LogP contribution in [0.3, 0.4) is 0 Å². The molecule has 0 aliphatic carbocycles. The van der Waals surface area contributed by atoms with Crippen LogP contribution in [-0.4, -0.2) is 39.1 Å². The third-order valence-electron chi connectivity index (χ3n) is 5.43. The second-order valence-corrected chi connectivity index (χ2v) is 7.24. The van der Waals surface area contributed by atoms with Crippen molar-refractivity contribution >= 4 is 23.0 Å². The van der Waals surface area contributed by atoms with Gasteiger partial charge in [-0.15, -0.1) is 0 Å². The van der Waals surface area contributed by atoms with Crippen LogP contribution in [0.5, 0.6) is 0 Å². The first-order chi connectivity index (χ1) is 13.6. The number of fused-ring (bicyclic) bond motifs is 2. The Labute approximate surface area is 163 Å². The van der Waals surface area contributed by atoms with Crippen LogP contribution in [0.2, 0.25) is 0 Å². The average Bonchev–Trinajstić information content (AvgIpc) is 3.05. The van der Waals surface area contributed by atoms with Gasteiger partial charge in [0.05, 0.1) is 0 Å². The second kappa shape index (κ2) is 7.96. The van der Waals surface area contributed by atoms with E-state index in [9.17, 15) is 4.79 Å². The average molecular weight is 376 g/mol. The third-order valence-corrected chi connectivity index (χ3v) is 5.43. The molecule has 3 N–H and O–H groups in total. The van der Waals surface area contributed by atoms with Crippen molar-refractivity contribution in [1.82, 2.24) is 20.3 Å². The quantitative estimate of drug-likeness (QED) is 0.363. The van der Waals surface area contributed by atoms with Gasteiger partial charge in [-0.05, 0) is 60.2 Å². The molecule has 0 bridgehead atoms. The molecule has 1 aromatic carbocycles. The SMILES string of the molecule is Cc1[nH]c2ncccc2c1CCN1CCc2cc(C=CC(=O)NO)ccc2C1. The molecule has 1 aliphatic heterocycles. The Balaban J connectivity index is 1.42. The molecule has 1 aliphatic rings. The molecule has 1 amide bonds. The van der Waals surface area contributed by atoms with Gasteiger partial charge in [-0.25, -0.2) is 10.5 Å². The van der Waals surface area contributed by atoms with Gasteiger partial charge in [0.2, 0.25) is 0 Å². The predicted octanol–water partition coefficient (Wildman–Crippen LogP) is 2.99. The molecule has 0 saturated carbocycles. The zero-order chi connectivity index (χ0) is 19.5. The largest absolute Gasteiger partial charge is 0.343 e. The number of H-pyrrole nitrogens is 1. The first-order valence-electron chi connectivity index (χ1n) is 9.52. The van der Waals surface area contributed by atoms with Crippen molar-refractivity contribution in [3.63, 3.8) is 0 Å². The Morgan fingerprint density at radius 3 is 3.11 bits per heavy atom. The Morgan fingerprint density at radius 1 is 1.36 bits per heavy atom. The lowest BCUT2D eigenvalue weighted by molar-refractivity contribution is -0.124. The molecule has 144 valence electrons. The molecule has 0 spiro atoms. The van der Waals surface area contributed by atoms with E-state index < -0.39 is 5.91 Å². The first kappa shape index (κ1) is 18.4. The van der Waals surface area contributed by atoms with Gasteiger partial charge in [0.15, 0.2) is 0 Å². The Morgan fingerprint density at radius 2 is 2.25 bits per heavy atom. The van der Waals surface area contributed by atoms with Gasteiger partial charge >= 0.3 is 0 Å². The number of aromatic amines is 1. The van der Waals surface area contributed by atoms with Gasteiger partial charge < -0.3 is 4.98 Å². The summed E-state index contributed by atoms with van der Waals surface area (Å²) in [7, 11) is 0. The number of nitrogens with one attached hydrogen (secondary N) is 2. The van der Waals surface area contributed by atoms with Crippen LogP contribution in [-0.2, 0) is 24.2 Å². The summed E-state index contributed by atoms with van der Waals surface area (Å²) in [6.45, 7) is 5.10. The minimum Gasteiger partial charge on any atom is -0.343 e. The smallest absolute Gasteiger partial charge is 0.267 e. The third kappa shape index (κ3) is 3.83. The van der Waals surface area contributed by atoms with E-state index >= 15 is 0 Å². The summed E-state index contributed by atoms with van der Waals surface area (Å²) >= 11 is 0. The van der Waals surface area contributed by atoms with Crippen molar-refractivity contribution in [2.45, 2.75) is 26.3 Å². The fourth-order valence-corrected chi connectivity index (χ4v) is 3.93. The molecule has 3 aromatic rings. The lowest BCUT2D eigenvalue weighted by Crippen LogP contribution is -2.32. The Bertz CT molecular complexity index is 1040. The van der Waals surface area contributed by atoms with Gasteiger partial charge in [0.25, 0.3) is 5.91 Å². The number of nitrogens with zero attached hydrogens (tertiary/aromatic N) is 2. The van der Waals surface area contributed by atoms with Crippen molar-refractivity contribution in [1.29, 1.82) is 0 Å². The normalized spacial score (nSPS) is 14.5. The summed E-state index contributed by atoms with van der Waals surface area (Å²) in [4.78, 5) is 21.4. The number of aryl methyl sites for hydroxylation is 1. The molecule has 0 radical (unpaired) electrons. The zero-order valence-corrected chi connectivity index (χ0v) is 15.9. The van der Waals surface area contributed by atoms with Crippen LogP contribution < -0.4 is 5.48 Å². The Hall–Kier alpha value is -2.96. The van der Waals surface area contributed by atoms with Crippen molar-refractivity contribution in [2.75, 3.05) is 13.1 Å². The fraction of sp³-hybridized carbons (Fsp3) is 0.273. The number of hydrogen-bond donors (Lipinski definition) is 3. The summed E-state index contributed by atoms with van der Waals surface area (Å²) in [5.74, 6) is -0.522. The van der Waals surface area contributed by atoms with Crippen molar-refractivity contribution in [3.8, 4) is 0 Å². The number of amides is 1. The van der Waals surface area contributed by atoms with E-state index in [1.54, 1.807) is 11.6 Å². The molecule has 0 unspecified atom stereocenters. The molecular weight excluding hydrogens is 352 g/mol. The van der Waals surface area contributed by atoms with Crippen LogP contribution in [0.4, 0.5) is 0 Å². The summed E-state index contributed by atoms with van der Waals surface area (Å²) in [6, 6.07) is 10.4. The van der Waals surface area contributed by atoms with Crippen molar-refractivity contribution in [2.24, 2.45) is 0 Å². The first-order valence-corrected chi connectivity index (χ1v) is 9.52. The monoisotopic (exact) mass is 376 g/mol.